The molecule has 0 aromatic rings. The summed E-state index contributed by atoms with van der Waals surface area (Å²) < 4.78 is 16.8. The van der Waals surface area contributed by atoms with E-state index in [9.17, 15) is 14.4 Å². The fourth-order valence-corrected chi connectivity index (χ4v) is 7.92. The maximum Gasteiger partial charge on any atom is 0.306 e. The quantitative estimate of drug-likeness (QED) is 0.0262. The Labute approximate surface area is 420 Å². The Morgan fingerprint density at radius 3 is 0.897 bits per heavy atom. The number of carbonyl (C=O) groups excluding carboxylic acids is 3. The first kappa shape index (κ1) is 64.6. The highest BCUT2D eigenvalue weighted by Gasteiger charge is 2.19. The molecule has 68 heavy (non-hydrogen) atoms. The number of allylic oxidation sites excluding steroid dienone is 14. The zero-order chi connectivity index (χ0) is 49.3. The molecule has 0 spiro atoms. The van der Waals surface area contributed by atoms with Crippen molar-refractivity contribution >= 4 is 17.9 Å². The Bertz CT molecular complexity index is 1320. The van der Waals surface area contributed by atoms with Crippen LogP contribution in [0.3, 0.4) is 0 Å². The minimum Gasteiger partial charge on any atom is -0.462 e. The zero-order valence-electron chi connectivity index (χ0n) is 44.6. The summed E-state index contributed by atoms with van der Waals surface area (Å²) in [5.41, 5.74) is 0. The largest absolute Gasteiger partial charge is 0.462 e. The van der Waals surface area contributed by atoms with Gasteiger partial charge in [-0.05, 0) is 89.9 Å². The molecule has 0 aliphatic carbocycles. The Morgan fingerprint density at radius 1 is 0.309 bits per heavy atom. The second-order valence-corrected chi connectivity index (χ2v) is 18.8. The van der Waals surface area contributed by atoms with Crippen LogP contribution in [0.25, 0.3) is 0 Å². The number of rotatable bonds is 51. The Kier molecular flexibility index (Phi) is 53.4. The standard InChI is InChI=1S/C62H106O6/c1-4-7-10-13-16-19-22-24-26-28-29-30-31-32-33-35-36-38-40-43-46-49-52-55-61(64)67-58-59(57-66-60(63)54-51-48-45-42-21-18-15-12-9-6-3)68-62(65)56-53-50-47-44-41-39-37-34-27-25-23-20-17-14-11-8-5-2/h7-8,10-11,16-17,19-20,24-27,29-30,59H,4-6,9,12-15,18,21-23,28,31-58H2,1-3H3/b10-7-,11-8-,19-16-,20-17-,26-24-,27-25-,30-29-. The van der Waals surface area contributed by atoms with Crippen molar-refractivity contribution in [2.24, 2.45) is 0 Å². The van der Waals surface area contributed by atoms with Gasteiger partial charge in [-0.3, -0.25) is 14.4 Å². The molecule has 6 heteroatoms. The highest BCUT2D eigenvalue weighted by Crippen LogP contribution is 2.15. The number of unbranched alkanes of at least 4 members (excludes halogenated alkanes) is 26. The van der Waals surface area contributed by atoms with Gasteiger partial charge in [0.15, 0.2) is 6.10 Å². The van der Waals surface area contributed by atoms with Gasteiger partial charge >= 0.3 is 17.9 Å². The predicted molar refractivity (Wildman–Crippen MR) is 293 cm³/mol. The summed E-state index contributed by atoms with van der Waals surface area (Å²) in [6, 6.07) is 0. The molecule has 0 aromatic carbocycles. The maximum absolute atomic E-state index is 12.8. The molecule has 390 valence electrons. The second-order valence-electron chi connectivity index (χ2n) is 18.8. The number of hydrogen-bond acceptors (Lipinski definition) is 6. The smallest absolute Gasteiger partial charge is 0.306 e. The number of esters is 3. The molecule has 0 saturated carbocycles. The molecular weight excluding hydrogens is 841 g/mol. The molecule has 0 aromatic heterocycles. The maximum atomic E-state index is 12.8. The van der Waals surface area contributed by atoms with Crippen LogP contribution in [0.15, 0.2) is 85.1 Å². The van der Waals surface area contributed by atoms with E-state index < -0.39 is 6.10 Å². The SMILES string of the molecule is CC/C=C\C/C=C\C/C=C\C/C=C\CCCCCCCCCCCCC(=O)OCC(COC(=O)CCCCCCCCCCCC)OC(=O)CCCCCCCCC/C=C\C/C=C\C/C=C\CC. The van der Waals surface area contributed by atoms with Gasteiger partial charge < -0.3 is 14.2 Å². The zero-order valence-corrected chi connectivity index (χ0v) is 44.6. The molecule has 0 rings (SSSR count). The molecule has 0 fully saturated rings. The van der Waals surface area contributed by atoms with Crippen molar-refractivity contribution in [3.8, 4) is 0 Å². The van der Waals surface area contributed by atoms with E-state index in [1.165, 1.54) is 122 Å². The van der Waals surface area contributed by atoms with Gasteiger partial charge in [0.05, 0.1) is 0 Å². The van der Waals surface area contributed by atoms with Crippen LogP contribution in [-0.2, 0) is 28.6 Å². The van der Waals surface area contributed by atoms with E-state index in [0.717, 1.165) is 109 Å². The fourth-order valence-electron chi connectivity index (χ4n) is 7.92. The number of carbonyl (C=O) groups is 3. The molecule has 1 atom stereocenters. The molecule has 6 nitrogen and oxygen atoms in total. The topological polar surface area (TPSA) is 78.9 Å². The van der Waals surface area contributed by atoms with Gasteiger partial charge in [-0.2, -0.15) is 0 Å². The minimum absolute atomic E-state index is 0.0799. The van der Waals surface area contributed by atoms with Gasteiger partial charge in [0, 0.05) is 19.3 Å². The van der Waals surface area contributed by atoms with Crippen LogP contribution in [0.2, 0.25) is 0 Å². The summed E-state index contributed by atoms with van der Waals surface area (Å²) in [6.45, 7) is 6.41. The third kappa shape index (κ3) is 53.5. The number of hydrogen-bond donors (Lipinski definition) is 0. The minimum atomic E-state index is -0.782. The molecule has 1 unspecified atom stereocenters. The molecule has 0 aliphatic rings. The van der Waals surface area contributed by atoms with Crippen molar-refractivity contribution in [2.75, 3.05) is 13.2 Å². The normalized spacial score (nSPS) is 12.7. The lowest BCUT2D eigenvalue weighted by Gasteiger charge is -2.18. The summed E-state index contributed by atoms with van der Waals surface area (Å²) in [4.78, 5) is 38.1. The molecule has 0 aliphatic heterocycles. The third-order valence-corrected chi connectivity index (χ3v) is 12.1. The van der Waals surface area contributed by atoms with Crippen molar-refractivity contribution in [1.29, 1.82) is 0 Å². The molecule has 0 radical (unpaired) electrons. The van der Waals surface area contributed by atoms with Crippen molar-refractivity contribution in [2.45, 2.75) is 277 Å². The highest BCUT2D eigenvalue weighted by atomic mass is 16.6. The van der Waals surface area contributed by atoms with Crippen LogP contribution in [0, 0.1) is 0 Å². The van der Waals surface area contributed by atoms with Crippen molar-refractivity contribution in [3.05, 3.63) is 85.1 Å². The summed E-state index contributed by atoms with van der Waals surface area (Å²) >= 11 is 0. The average Bonchev–Trinajstić information content (AvgIpc) is 3.34. The van der Waals surface area contributed by atoms with Crippen LogP contribution < -0.4 is 0 Å². The lowest BCUT2D eigenvalue weighted by molar-refractivity contribution is -0.167. The van der Waals surface area contributed by atoms with E-state index in [0.29, 0.717) is 19.3 Å². The van der Waals surface area contributed by atoms with Crippen molar-refractivity contribution in [3.63, 3.8) is 0 Å². The van der Waals surface area contributed by atoms with Crippen LogP contribution in [-0.4, -0.2) is 37.2 Å². The van der Waals surface area contributed by atoms with E-state index in [1.54, 1.807) is 0 Å². The molecular formula is C62H106O6. The van der Waals surface area contributed by atoms with E-state index >= 15 is 0 Å². The van der Waals surface area contributed by atoms with Crippen molar-refractivity contribution < 1.29 is 28.6 Å². The first-order valence-corrected chi connectivity index (χ1v) is 28.6. The Morgan fingerprint density at radius 2 is 0.574 bits per heavy atom. The van der Waals surface area contributed by atoms with Crippen LogP contribution in [0.1, 0.15) is 271 Å². The summed E-state index contributed by atoms with van der Waals surface area (Å²) in [7, 11) is 0. The monoisotopic (exact) mass is 947 g/mol. The number of ether oxygens (including phenoxy) is 3. The summed E-state index contributed by atoms with van der Waals surface area (Å²) in [5.74, 6) is -0.890. The van der Waals surface area contributed by atoms with E-state index in [4.69, 9.17) is 14.2 Å². The lowest BCUT2D eigenvalue weighted by Crippen LogP contribution is -2.30. The third-order valence-electron chi connectivity index (χ3n) is 12.1. The second kappa shape index (κ2) is 56.2. The molecule has 0 N–H and O–H groups in total. The molecule has 0 bridgehead atoms. The molecule has 0 amide bonds. The summed E-state index contributed by atoms with van der Waals surface area (Å²) in [6.07, 6.45) is 72.9. The first-order chi connectivity index (χ1) is 33.5. The van der Waals surface area contributed by atoms with Crippen LogP contribution in [0.5, 0.6) is 0 Å². The van der Waals surface area contributed by atoms with Gasteiger partial charge in [0.2, 0.25) is 0 Å². The summed E-state index contributed by atoms with van der Waals surface area (Å²) in [5, 5.41) is 0. The predicted octanol–water partition coefficient (Wildman–Crippen LogP) is 19.2. The lowest BCUT2D eigenvalue weighted by atomic mass is 10.1. The van der Waals surface area contributed by atoms with Gasteiger partial charge in [-0.15, -0.1) is 0 Å². The van der Waals surface area contributed by atoms with Gasteiger partial charge in [-0.1, -0.05) is 247 Å². The Balaban J connectivity index is 4.30. The van der Waals surface area contributed by atoms with E-state index in [-0.39, 0.29) is 31.1 Å². The van der Waals surface area contributed by atoms with Gasteiger partial charge in [-0.25, -0.2) is 0 Å². The van der Waals surface area contributed by atoms with Crippen molar-refractivity contribution in [1.82, 2.24) is 0 Å². The van der Waals surface area contributed by atoms with E-state index in [2.05, 4.69) is 106 Å². The van der Waals surface area contributed by atoms with Gasteiger partial charge in [0.1, 0.15) is 13.2 Å². The highest BCUT2D eigenvalue weighted by molar-refractivity contribution is 5.71. The average molecular weight is 948 g/mol. The van der Waals surface area contributed by atoms with Crippen LogP contribution >= 0.6 is 0 Å². The first-order valence-electron chi connectivity index (χ1n) is 28.6. The van der Waals surface area contributed by atoms with Crippen LogP contribution in [0.4, 0.5) is 0 Å². The molecule has 0 heterocycles. The van der Waals surface area contributed by atoms with Gasteiger partial charge in [0.25, 0.3) is 0 Å². The Hall–Kier alpha value is -3.41. The fraction of sp³-hybridized carbons (Fsp3) is 0.726. The molecule has 0 saturated heterocycles. The van der Waals surface area contributed by atoms with E-state index in [1.807, 2.05) is 0 Å².